The fourth-order valence-corrected chi connectivity index (χ4v) is 6.17. The maximum Gasteiger partial charge on any atom is 0.258 e. The first kappa shape index (κ1) is 44.8. The van der Waals surface area contributed by atoms with Crippen LogP contribution < -0.4 is 21.3 Å². The topological polar surface area (TPSA) is 200 Å². The van der Waals surface area contributed by atoms with Gasteiger partial charge in [0.25, 0.3) is 23.6 Å². The number of azo groups is 2. The number of Topliss-reactive ketones (excluding diaryl/α,β-unsaturated/α-hetero) is 2. The van der Waals surface area contributed by atoms with Crippen LogP contribution in [0.15, 0.2) is 130 Å². The van der Waals surface area contributed by atoms with E-state index in [1.54, 1.807) is 36.4 Å². The minimum Gasteiger partial charge on any atom is -0.324 e. The third-order valence-electron chi connectivity index (χ3n) is 8.37. The molecule has 2 atom stereocenters. The first-order valence-corrected chi connectivity index (χ1v) is 19.6. The largest absolute Gasteiger partial charge is 0.324 e. The van der Waals surface area contributed by atoms with Crippen molar-refractivity contribution in [2.75, 3.05) is 21.3 Å². The summed E-state index contributed by atoms with van der Waals surface area (Å²) in [5.41, 5.74) is 3.36. The Morgan fingerprint density at radius 2 is 0.867 bits per heavy atom. The van der Waals surface area contributed by atoms with Crippen LogP contribution in [0.2, 0.25) is 10.0 Å². The van der Waals surface area contributed by atoms with Gasteiger partial charge < -0.3 is 21.3 Å². The van der Waals surface area contributed by atoms with E-state index in [4.69, 9.17) is 46.4 Å². The van der Waals surface area contributed by atoms with Gasteiger partial charge in [0.15, 0.2) is 11.6 Å². The third-order valence-corrected chi connectivity index (χ3v) is 9.78. The van der Waals surface area contributed by atoms with Crippen molar-refractivity contribution in [3.05, 3.63) is 141 Å². The monoisotopic (exact) mass is 886 g/mol. The van der Waals surface area contributed by atoms with E-state index in [0.29, 0.717) is 11.4 Å². The minimum absolute atomic E-state index is 0.0472. The van der Waals surface area contributed by atoms with Gasteiger partial charge in [0.05, 0.1) is 21.2 Å². The van der Waals surface area contributed by atoms with E-state index in [1.165, 1.54) is 60.7 Å². The van der Waals surface area contributed by atoms with Gasteiger partial charge in [-0.1, -0.05) is 59.6 Å². The van der Waals surface area contributed by atoms with E-state index in [2.05, 4.69) is 41.7 Å². The average Bonchev–Trinajstić information content (AvgIpc) is 3.22. The molecule has 2 unspecified atom stereocenters. The van der Waals surface area contributed by atoms with Crippen molar-refractivity contribution in [1.82, 2.24) is 0 Å². The van der Waals surface area contributed by atoms with Crippen LogP contribution in [0.25, 0.3) is 0 Å². The van der Waals surface area contributed by atoms with Crippen LogP contribution in [0, 0.1) is 0 Å². The number of rotatable bonds is 16. The molecular weight excluding hydrogens is 854 g/mol. The first-order chi connectivity index (χ1) is 28.8. The van der Waals surface area contributed by atoms with Gasteiger partial charge in [0, 0.05) is 34.5 Å². The van der Waals surface area contributed by atoms with Crippen LogP contribution >= 0.6 is 46.4 Å². The van der Waals surface area contributed by atoms with E-state index >= 15 is 0 Å². The highest BCUT2D eigenvalue weighted by molar-refractivity contribution is 6.37. The molecule has 4 N–H and O–H groups in total. The molecule has 4 amide bonds. The zero-order valence-corrected chi connectivity index (χ0v) is 34.7. The number of benzene rings is 5. The molecule has 0 fully saturated rings. The predicted octanol–water partition coefficient (Wildman–Crippen LogP) is 10.3. The molecule has 0 aliphatic carbocycles. The fourth-order valence-electron chi connectivity index (χ4n) is 5.34. The van der Waals surface area contributed by atoms with Gasteiger partial charge in [-0.15, -0.1) is 23.2 Å². The summed E-state index contributed by atoms with van der Waals surface area (Å²) in [6, 6.07) is 25.5. The Hall–Kier alpha value is -6.32. The lowest BCUT2D eigenvalue weighted by atomic mass is 10.1. The second-order valence-corrected chi connectivity index (χ2v) is 14.2. The van der Waals surface area contributed by atoms with E-state index in [-0.39, 0.29) is 55.7 Å². The van der Waals surface area contributed by atoms with Gasteiger partial charge in [0.1, 0.15) is 11.4 Å². The van der Waals surface area contributed by atoms with Crippen molar-refractivity contribution in [2.45, 2.75) is 37.7 Å². The van der Waals surface area contributed by atoms with Crippen molar-refractivity contribution in [3.63, 3.8) is 0 Å². The molecule has 0 aliphatic rings. The number of carbonyl (C=O) groups excluding carboxylic acids is 6. The normalized spacial score (nSPS) is 12.1. The molecule has 0 bridgehead atoms. The molecule has 18 heteroatoms. The summed E-state index contributed by atoms with van der Waals surface area (Å²) in [5.74, 6) is -3.40. The average molecular weight is 889 g/mol. The van der Waals surface area contributed by atoms with Gasteiger partial charge in [-0.05, 0) is 97.8 Å². The van der Waals surface area contributed by atoms with Crippen LogP contribution in [0.5, 0.6) is 0 Å². The fraction of sp³-hybridized carbons (Fsp3) is 0.143. The van der Waals surface area contributed by atoms with E-state index < -0.39 is 47.3 Å². The molecule has 5 aromatic carbocycles. The van der Waals surface area contributed by atoms with Gasteiger partial charge in [-0.3, -0.25) is 28.8 Å². The smallest absolute Gasteiger partial charge is 0.258 e. The number of hydrogen-bond acceptors (Lipinski definition) is 10. The van der Waals surface area contributed by atoms with Gasteiger partial charge in [0.2, 0.25) is 12.1 Å². The van der Waals surface area contributed by atoms with Crippen LogP contribution in [0.1, 0.15) is 45.7 Å². The summed E-state index contributed by atoms with van der Waals surface area (Å²) < 4.78 is 0. The number of amides is 4. The number of nitrogens with one attached hydrogen (secondary N) is 4. The molecule has 0 radical (unpaired) electrons. The van der Waals surface area contributed by atoms with Crippen LogP contribution in [0.3, 0.4) is 0 Å². The maximum atomic E-state index is 13.1. The van der Waals surface area contributed by atoms with Gasteiger partial charge in [-0.25, -0.2) is 0 Å². The Morgan fingerprint density at radius 3 is 1.22 bits per heavy atom. The Bertz CT molecular complexity index is 2340. The van der Waals surface area contributed by atoms with Gasteiger partial charge >= 0.3 is 0 Å². The summed E-state index contributed by atoms with van der Waals surface area (Å²) in [6.07, 6.45) is 0. The Kier molecular flexibility index (Phi) is 15.7. The number of nitrogens with zero attached hydrogens (tertiary/aromatic N) is 4. The van der Waals surface area contributed by atoms with E-state index in [0.717, 1.165) is 25.0 Å². The standard InChI is InChI=1S/C42H34Cl4N8O6/c1-23(55)37(53-51-33-13-5-11-31(35(33)45)39(57)49-29-9-3-7-25(19-29)21-43)41(59)47-27-15-17-28(18-16-27)48-42(60)38(24(2)56)54-52-34-14-6-12-32(36(34)46)40(58)50-30-10-4-8-26(20-30)22-44/h3-20,37-38H,21-22H2,1-2H3,(H,47,59)(H,48,60)(H,49,57)(H,50,58). The molecule has 14 nitrogen and oxygen atoms in total. The van der Waals surface area contributed by atoms with Crippen molar-refractivity contribution >= 4 is 116 Å². The highest BCUT2D eigenvalue weighted by Crippen LogP contribution is 2.31. The number of anilines is 4. The SMILES string of the molecule is CC(=O)C(N=Nc1cccc(C(=O)Nc2cccc(CCl)c2)c1Cl)C(=O)Nc1ccc(NC(=O)C(N=Nc2cccc(C(=O)Nc3cccc(CCl)c3)c2Cl)C(C)=O)cc1. The molecule has 306 valence electrons. The lowest BCUT2D eigenvalue weighted by Gasteiger charge is -2.12. The number of hydrogen-bond donors (Lipinski definition) is 4. The molecule has 0 saturated heterocycles. The molecule has 0 aromatic heterocycles. The number of halogens is 4. The Balaban J connectivity index is 1.21. The van der Waals surface area contributed by atoms with Crippen molar-refractivity contribution in [2.24, 2.45) is 20.5 Å². The lowest BCUT2D eigenvalue weighted by molar-refractivity contribution is -0.127. The molecule has 0 aliphatic heterocycles. The number of alkyl halides is 2. The molecular formula is C42H34Cl4N8O6. The summed E-state index contributed by atoms with van der Waals surface area (Å²) in [4.78, 5) is 77.2. The first-order valence-electron chi connectivity index (χ1n) is 17.8. The summed E-state index contributed by atoms with van der Waals surface area (Å²) in [6.45, 7) is 2.33. The zero-order valence-electron chi connectivity index (χ0n) is 31.7. The predicted molar refractivity (Wildman–Crippen MR) is 232 cm³/mol. The number of ketones is 2. The molecule has 0 spiro atoms. The zero-order chi connectivity index (χ0) is 43.3. The second kappa shape index (κ2) is 21.1. The summed E-state index contributed by atoms with van der Waals surface area (Å²) >= 11 is 24.8. The second-order valence-electron chi connectivity index (χ2n) is 12.9. The quantitative estimate of drug-likeness (QED) is 0.0431. The van der Waals surface area contributed by atoms with Crippen molar-refractivity contribution < 1.29 is 28.8 Å². The minimum atomic E-state index is -1.57. The van der Waals surface area contributed by atoms with Crippen LogP contribution in [-0.4, -0.2) is 47.3 Å². The summed E-state index contributed by atoms with van der Waals surface area (Å²) in [7, 11) is 0. The lowest BCUT2D eigenvalue weighted by Crippen LogP contribution is -2.32. The Morgan fingerprint density at radius 1 is 0.500 bits per heavy atom. The highest BCUT2D eigenvalue weighted by atomic mass is 35.5. The molecule has 5 aromatic rings. The molecule has 0 heterocycles. The molecule has 0 saturated carbocycles. The molecule has 5 rings (SSSR count). The summed E-state index contributed by atoms with van der Waals surface area (Å²) in [5, 5.41) is 26.4. The van der Waals surface area contributed by atoms with Gasteiger partial charge in [-0.2, -0.15) is 20.5 Å². The van der Waals surface area contributed by atoms with Crippen LogP contribution in [0.4, 0.5) is 34.1 Å². The number of carbonyl (C=O) groups is 6. The highest BCUT2D eigenvalue weighted by Gasteiger charge is 2.26. The van der Waals surface area contributed by atoms with Crippen molar-refractivity contribution in [1.29, 1.82) is 0 Å². The molecule has 60 heavy (non-hydrogen) atoms. The van der Waals surface area contributed by atoms with Crippen LogP contribution in [-0.2, 0) is 30.9 Å². The van der Waals surface area contributed by atoms with Crippen molar-refractivity contribution in [3.8, 4) is 0 Å². The third kappa shape index (κ3) is 11.9. The van der Waals surface area contributed by atoms with E-state index in [9.17, 15) is 28.8 Å². The van der Waals surface area contributed by atoms with E-state index in [1.807, 2.05) is 12.1 Å². The Labute approximate surface area is 363 Å². The maximum absolute atomic E-state index is 13.1.